The lowest BCUT2D eigenvalue weighted by Crippen LogP contribution is -2.45. The predicted octanol–water partition coefficient (Wildman–Crippen LogP) is 1.81. The van der Waals surface area contributed by atoms with Gasteiger partial charge in [-0.2, -0.15) is 0 Å². The molecule has 2 aliphatic rings. The largest absolute Gasteiger partial charge is 0.378 e. The van der Waals surface area contributed by atoms with Gasteiger partial charge in [-0.05, 0) is 24.5 Å². The number of fused-ring (bicyclic) bond motifs is 4. The van der Waals surface area contributed by atoms with E-state index >= 15 is 0 Å². The van der Waals surface area contributed by atoms with E-state index in [-0.39, 0.29) is 23.8 Å². The Labute approximate surface area is 153 Å². The number of hydrogen-bond acceptors (Lipinski definition) is 3. The van der Waals surface area contributed by atoms with E-state index in [0.717, 1.165) is 18.4 Å². The van der Waals surface area contributed by atoms with Crippen LogP contribution < -0.4 is 0 Å². The molecule has 138 valence electrons. The molecule has 3 heterocycles. The maximum atomic E-state index is 12.7. The number of aromatic nitrogens is 1. The summed E-state index contributed by atoms with van der Waals surface area (Å²) in [5.74, 6) is 0.0106. The SMILES string of the molecule is CN1C(=O)[C@H]2COC[C@@H]1CN(C(=O)CCCc1c[nH]c3ccccc13)C2. The number of likely N-dealkylation sites (N-methyl/N-ethyl adjacent to an activating group) is 1. The number of para-hydroxylation sites is 1. The number of nitrogens with zero attached hydrogens (tertiary/aromatic N) is 2. The fourth-order valence-electron chi connectivity index (χ4n) is 4.03. The van der Waals surface area contributed by atoms with Crippen molar-refractivity contribution < 1.29 is 14.3 Å². The molecule has 2 fully saturated rings. The average Bonchev–Trinajstić information content (AvgIpc) is 2.93. The van der Waals surface area contributed by atoms with Crippen LogP contribution in [0.15, 0.2) is 30.5 Å². The molecule has 26 heavy (non-hydrogen) atoms. The lowest BCUT2D eigenvalue weighted by molar-refractivity contribution is -0.134. The summed E-state index contributed by atoms with van der Waals surface area (Å²) in [6, 6.07) is 8.20. The third kappa shape index (κ3) is 3.21. The minimum atomic E-state index is -0.231. The molecule has 1 aromatic carbocycles. The first kappa shape index (κ1) is 17.1. The van der Waals surface area contributed by atoms with E-state index < -0.39 is 0 Å². The van der Waals surface area contributed by atoms with Crippen LogP contribution in [0.5, 0.6) is 0 Å². The summed E-state index contributed by atoms with van der Waals surface area (Å²) in [5.41, 5.74) is 2.39. The van der Waals surface area contributed by atoms with Crippen molar-refractivity contribution in [3.63, 3.8) is 0 Å². The summed E-state index contributed by atoms with van der Waals surface area (Å²) in [6.07, 6.45) is 4.24. The second-order valence-corrected chi connectivity index (χ2v) is 7.35. The van der Waals surface area contributed by atoms with Crippen molar-refractivity contribution in [1.29, 1.82) is 0 Å². The van der Waals surface area contributed by atoms with Crippen molar-refractivity contribution in [2.45, 2.75) is 25.3 Å². The van der Waals surface area contributed by atoms with E-state index in [2.05, 4.69) is 17.1 Å². The Morgan fingerprint density at radius 1 is 1.27 bits per heavy atom. The molecule has 0 radical (unpaired) electrons. The van der Waals surface area contributed by atoms with Crippen LogP contribution in [0.25, 0.3) is 10.9 Å². The molecule has 2 amide bonds. The second-order valence-electron chi connectivity index (χ2n) is 7.35. The van der Waals surface area contributed by atoms with Gasteiger partial charge in [-0.25, -0.2) is 0 Å². The summed E-state index contributed by atoms with van der Waals surface area (Å²) in [7, 11) is 1.82. The van der Waals surface area contributed by atoms with Crippen LogP contribution in [0, 0.1) is 5.92 Å². The van der Waals surface area contributed by atoms with Gasteiger partial charge in [0, 0.05) is 43.7 Å². The minimum absolute atomic E-state index is 0.0347. The van der Waals surface area contributed by atoms with Crippen molar-refractivity contribution in [3.05, 3.63) is 36.0 Å². The van der Waals surface area contributed by atoms with Crippen LogP contribution in [0.1, 0.15) is 18.4 Å². The number of hydrogen-bond donors (Lipinski definition) is 1. The predicted molar refractivity (Wildman–Crippen MR) is 98.7 cm³/mol. The second kappa shape index (κ2) is 7.11. The van der Waals surface area contributed by atoms with Crippen molar-refractivity contribution in [3.8, 4) is 0 Å². The fraction of sp³-hybridized carbons (Fsp3) is 0.500. The Morgan fingerprint density at radius 3 is 3.00 bits per heavy atom. The Morgan fingerprint density at radius 2 is 2.12 bits per heavy atom. The molecule has 1 aromatic heterocycles. The van der Waals surface area contributed by atoms with Crippen LogP contribution in [-0.4, -0.2) is 66.0 Å². The molecule has 2 aliphatic heterocycles. The number of nitrogens with one attached hydrogen (secondary N) is 1. The summed E-state index contributed by atoms with van der Waals surface area (Å²) in [4.78, 5) is 32.0. The zero-order valence-corrected chi connectivity index (χ0v) is 15.1. The Hall–Kier alpha value is -2.34. The third-order valence-corrected chi connectivity index (χ3v) is 5.61. The summed E-state index contributed by atoms with van der Waals surface area (Å²) in [5, 5.41) is 1.23. The number of carbonyl (C=O) groups is 2. The van der Waals surface area contributed by atoms with Gasteiger partial charge in [-0.15, -0.1) is 0 Å². The van der Waals surface area contributed by atoms with Crippen LogP contribution >= 0.6 is 0 Å². The van der Waals surface area contributed by atoms with Gasteiger partial charge >= 0.3 is 0 Å². The van der Waals surface area contributed by atoms with Crippen LogP contribution in [0.3, 0.4) is 0 Å². The molecule has 2 aromatic rings. The van der Waals surface area contributed by atoms with E-state index in [0.29, 0.717) is 32.7 Å². The normalized spacial score (nSPS) is 23.3. The average molecular weight is 355 g/mol. The van der Waals surface area contributed by atoms with Crippen LogP contribution in [0.2, 0.25) is 0 Å². The highest BCUT2D eigenvalue weighted by atomic mass is 16.5. The number of aryl methyl sites for hydroxylation is 1. The van der Waals surface area contributed by atoms with Gasteiger partial charge in [0.05, 0.1) is 25.2 Å². The van der Waals surface area contributed by atoms with Crippen molar-refractivity contribution in [1.82, 2.24) is 14.8 Å². The van der Waals surface area contributed by atoms with Gasteiger partial charge in [0.1, 0.15) is 0 Å². The van der Waals surface area contributed by atoms with E-state index in [1.54, 1.807) is 4.90 Å². The van der Waals surface area contributed by atoms with E-state index in [1.807, 2.05) is 30.3 Å². The molecule has 0 saturated carbocycles. The van der Waals surface area contributed by atoms with Gasteiger partial charge in [0.2, 0.25) is 11.8 Å². The first-order valence-electron chi connectivity index (χ1n) is 9.30. The lowest BCUT2D eigenvalue weighted by Gasteiger charge is -2.29. The molecule has 0 unspecified atom stereocenters. The maximum absolute atomic E-state index is 12.7. The number of benzene rings is 1. The monoisotopic (exact) mass is 355 g/mol. The number of ether oxygens (including phenoxy) is 1. The molecular formula is C20H25N3O3. The zero-order valence-electron chi connectivity index (χ0n) is 15.1. The number of carbonyl (C=O) groups excluding carboxylic acids is 2. The zero-order chi connectivity index (χ0) is 18.1. The highest BCUT2D eigenvalue weighted by molar-refractivity contribution is 5.84. The van der Waals surface area contributed by atoms with Gasteiger partial charge in [-0.3, -0.25) is 9.59 Å². The Kier molecular flexibility index (Phi) is 4.68. The standard InChI is InChI=1S/C20H25N3O3/c1-22-16-11-23(10-15(20(22)25)12-26-13-16)19(24)8-4-5-14-9-21-18-7-3-2-6-17(14)18/h2-3,6-7,9,15-16,21H,4-5,8,10-13H2,1H3/t15-,16+/m1/s1. The molecule has 1 N–H and O–H groups in total. The van der Waals surface area contributed by atoms with E-state index in [9.17, 15) is 9.59 Å². The molecule has 2 saturated heterocycles. The number of H-pyrrole nitrogens is 1. The van der Waals surface area contributed by atoms with E-state index in [4.69, 9.17) is 4.74 Å². The molecule has 2 bridgehead atoms. The first-order chi connectivity index (χ1) is 12.6. The fourth-order valence-corrected chi connectivity index (χ4v) is 4.03. The van der Waals surface area contributed by atoms with Gasteiger partial charge < -0.3 is 19.5 Å². The third-order valence-electron chi connectivity index (χ3n) is 5.61. The number of rotatable bonds is 4. The molecule has 0 aliphatic carbocycles. The molecule has 6 heteroatoms. The van der Waals surface area contributed by atoms with Crippen molar-refractivity contribution in [2.24, 2.45) is 5.92 Å². The highest BCUT2D eigenvalue weighted by Crippen LogP contribution is 2.22. The Bertz CT molecular complexity index is 815. The summed E-state index contributed by atoms with van der Waals surface area (Å²) < 4.78 is 5.60. The van der Waals surface area contributed by atoms with Gasteiger partial charge in [0.25, 0.3) is 0 Å². The Balaban J connectivity index is 1.37. The quantitative estimate of drug-likeness (QED) is 0.910. The molecule has 6 nitrogen and oxygen atoms in total. The smallest absolute Gasteiger partial charge is 0.229 e. The maximum Gasteiger partial charge on any atom is 0.229 e. The van der Waals surface area contributed by atoms with Crippen LogP contribution in [-0.2, 0) is 20.7 Å². The van der Waals surface area contributed by atoms with E-state index in [1.165, 1.54) is 10.9 Å². The minimum Gasteiger partial charge on any atom is -0.378 e. The first-order valence-corrected chi connectivity index (χ1v) is 9.30. The molecule has 0 spiro atoms. The summed E-state index contributed by atoms with van der Waals surface area (Å²) >= 11 is 0. The molecule has 4 rings (SSSR count). The van der Waals surface area contributed by atoms with Crippen LogP contribution in [0.4, 0.5) is 0 Å². The lowest BCUT2D eigenvalue weighted by atomic mass is 10.1. The molecule has 2 atom stereocenters. The topological polar surface area (TPSA) is 65.6 Å². The van der Waals surface area contributed by atoms with Gasteiger partial charge in [-0.1, -0.05) is 18.2 Å². The summed E-state index contributed by atoms with van der Waals surface area (Å²) in [6.45, 7) is 1.98. The highest BCUT2D eigenvalue weighted by Gasteiger charge is 2.38. The van der Waals surface area contributed by atoms with Crippen molar-refractivity contribution >= 4 is 22.7 Å². The van der Waals surface area contributed by atoms with Crippen molar-refractivity contribution in [2.75, 3.05) is 33.4 Å². The molecular weight excluding hydrogens is 330 g/mol. The number of aromatic amines is 1. The number of amides is 2. The van der Waals surface area contributed by atoms with Gasteiger partial charge in [0.15, 0.2) is 0 Å².